The standard InChI is InChI=1S/C42H46N4O7S/c1-22-15-25(21-43-41(50)53-42(3,4)5)16-23(2)35(22)46-38(47)30-19-31-34(52-13-11-26-12-14-54-37(26)31)20-29(30)28-9-10-32(44-36(28)40(49)51-6)39(48)45-33-18-24-7-8-27(33)17-24/h9-10,12,14-16,19-20,24,27,33H,7-8,11,13,17-18,21H2,1-6H3,(H,43,50)(H,45,48)(H,46,47)/t24-,27+,33-/m1/s1. The quantitative estimate of drug-likeness (QED) is 0.154. The van der Waals surface area contributed by atoms with Crippen LogP contribution in [0.4, 0.5) is 10.5 Å². The average molecular weight is 751 g/mol. The topological polar surface area (TPSA) is 145 Å². The van der Waals surface area contributed by atoms with Gasteiger partial charge in [-0.3, -0.25) is 9.59 Å². The maximum Gasteiger partial charge on any atom is 0.407 e. The molecule has 2 bridgehead atoms. The van der Waals surface area contributed by atoms with Gasteiger partial charge < -0.3 is 30.2 Å². The molecule has 11 nitrogen and oxygen atoms in total. The Morgan fingerprint density at radius 3 is 2.41 bits per heavy atom. The van der Waals surface area contributed by atoms with Crippen LogP contribution in [0, 0.1) is 25.7 Å². The number of amides is 3. The molecule has 3 aliphatic rings. The Labute approximate surface area is 319 Å². The van der Waals surface area contributed by atoms with Crippen molar-refractivity contribution >= 4 is 40.9 Å². The van der Waals surface area contributed by atoms with Crippen LogP contribution in [-0.4, -0.2) is 54.2 Å². The van der Waals surface area contributed by atoms with Crippen molar-refractivity contribution in [1.29, 1.82) is 0 Å². The molecule has 4 aromatic rings. The number of hydrogen-bond acceptors (Lipinski definition) is 9. The van der Waals surface area contributed by atoms with Crippen LogP contribution in [0.2, 0.25) is 0 Å². The first-order chi connectivity index (χ1) is 25.8. The highest BCUT2D eigenvalue weighted by Gasteiger charge is 2.40. The molecule has 3 N–H and O–H groups in total. The lowest BCUT2D eigenvalue weighted by molar-refractivity contribution is 0.0521. The first-order valence-electron chi connectivity index (χ1n) is 18.4. The number of aryl methyl sites for hydroxylation is 2. The Bertz CT molecular complexity index is 2130. The molecule has 2 saturated carbocycles. The van der Waals surface area contributed by atoms with Crippen molar-refractivity contribution in [2.24, 2.45) is 11.8 Å². The lowest BCUT2D eigenvalue weighted by Gasteiger charge is -2.23. The van der Waals surface area contributed by atoms with Gasteiger partial charge in [0.1, 0.15) is 17.0 Å². The van der Waals surface area contributed by atoms with Crippen LogP contribution < -0.4 is 20.7 Å². The highest BCUT2D eigenvalue weighted by molar-refractivity contribution is 7.13. The summed E-state index contributed by atoms with van der Waals surface area (Å²) in [5, 5.41) is 11.1. The monoisotopic (exact) mass is 750 g/mol. The van der Waals surface area contributed by atoms with Gasteiger partial charge >= 0.3 is 12.1 Å². The van der Waals surface area contributed by atoms with Gasteiger partial charge in [-0.2, -0.15) is 0 Å². The van der Waals surface area contributed by atoms with Gasteiger partial charge in [-0.25, -0.2) is 14.6 Å². The van der Waals surface area contributed by atoms with Crippen LogP contribution >= 0.6 is 11.3 Å². The first kappa shape index (κ1) is 37.1. The molecular weight excluding hydrogens is 705 g/mol. The number of thiophene rings is 1. The van der Waals surface area contributed by atoms with E-state index in [4.69, 9.17) is 14.2 Å². The number of pyridine rings is 1. The van der Waals surface area contributed by atoms with Gasteiger partial charge in [-0.05, 0) is 124 Å². The molecule has 12 heteroatoms. The second-order valence-corrected chi connectivity index (χ2v) is 16.4. The summed E-state index contributed by atoms with van der Waals surface area (Å²) >= 11 is 1.58. The smallest absolute Gasteiger partial charge is 0.407 e. The largest absolute Gasteiger partial charge is 0.493 e. The van der Waals surface area contributed by atoms with E-state index < -0.39 is 23.6 Å². The summed E-state index contributed by atoms with van der Waals surface area (Å²) in [6.45, 7) is 9.90. The molecule has 282 valence electrons. The molecule has 2 fully saturated rings. The summed E-state index contributed by atoms with van der Waals surface area (Å²) < 4.78 is 16.8. The van der Waals surface area contributed by atoms with Crippen molar-refractivity contribution < 1.29 is 33.4 Å². The maximum atomic E-state index is 14.5. The molecule has 2 aromatic carbocycles. The third kappa shape index (κ3) is 7.70. The molecule has 0 unspecified atom stereocenters. The van der Waals surface area contributed by atoms with Crippen molar-refractivity contribution in [3.63, 3.8) is 0 Å². The number of methoxy groups -OCH3 is 1. The van der Waals surface area contributed by atoms with E-state index in [0.717, 1.165) is 52.0 Å². The van der Waals surface area contributed by atoms with Crippen LogP contribution in [-0.2, 0) is 22.4 Å². The Hall–Kier alpha value is -5.23. The van der Waals surface area contributed by atoms with Gasteiger partial charge in [0.15, 0.2) is 5.69 Å². The molecule has 0 spiro atoms. The molecule has 7 rings (SSSR count). The molecule has 3 heterocycles. The molecule has 0 radical (unpaired) electrons. The predicted molar refractivity (Wildman–Crippen MR) is 207 cm³/mol. The van der Waals surface area contributed by atoms with Gasteiger partial charge in [0.05, 0.1) is 13.7 Å². The number of alkyl carbamates (subject to hydrolysis) is 1. The van der Waals surface area contributed by atoms with Crippen molar-refractivity contribution in [2.75, 3.05) is 19.0 Å². The SMILES string of the molecule is COC(=O)c1nc(C(=O)N[C@@H]2C[C@@H]3CC[C@H]2C3)ccc1-c1cc2c(cc1C(=O)Nc1c(C)cc(CNC(=O)OC(C)(C)C)cc1C)-c1sccc1CCO2. The third-order valence-corrected chi connectivity index (χ3v) is 11.5. The minimum Gasteiger partial charge on any atom is -0.493 e. The number of carbonyl (C=O) groups excluding carboxylic acids is 4. The summed E-state index contributed by atoms with van der Waals surface area (Å²) in [6, 6.07) is 12.8. The zero-order valence-corrected chi connectivity index (χ0v) is 32.3. The highest BCUT2D eigenvalue weighted by atomic mass is 32.1. The van der Waals surface area contributed by atoms with Crippen LogP contribution in [0.15, 0.2) is 47.8 Å². The summed E-state index contributed by atoms with van der Waals surface area (Å²) in [6.07, 6.45) is 4.61. The highest BCUT2D eigenvalue weighted by Crippen LogP contribution is 2.45. The zero-order chi connectivity index (χ0) is 38.3. The van der Waals surface area contributed by atoms with Crippen molar-refractivity contribution in [1.82, 2.24) is 15.6 Å². The van der Waals surface area contributed by atoms with Crippen LogP contribution in [0.5, 0.6) is 5.75 Å². The minimum atomic E-state index is -0.732. The van der Waals surface area contributed by atoms with Crippen LogP contribution in [0.25, 0.3) is 21.6 Å². The molecule has 0 saturated heterocycles. The third-order valence-electron chi connectivity index (χ3n) is 10.5. The number of carbonyl (C=O) groups is 4. The van der Waals surface area contributed by atoms with Crippen LogP contribution in [0.1, 0.15) is 100 Å². The number of fused-ring (bicyclic) bond motifs is 5. The number of esters is 1. The summed E-state index contributed by atoms with van der Waals surface area (Å²) in [5.41, 5.74) is 5.42. The minimum absolute atomic E-state index is 0.0771. The van der Waals surface area contributed by atoms with Gasteiger partial charge in [0.2, 0.25) is 0 Å². The lowest BCUT2D eigenvalue weighted by atomic mass is 9.93. The van der Waals surface area contributed by atoms with Gasteiger partial charge in [0.25, 0.3) is 11.8 Å². The van der Waals surface area contributed by atoms with E-state index in [1.807, 2.05) is 31.4 Å². The van der Waals surface area contributed by atoms with E-state index in [0.29, 0.717) is 53.0 Å². The fraction of sp³-hybridized carbons (Fsp3) is 0.405. The predicted octanol–water partition coefficient (Wildman–Crippen LogP) is 8.01. The Balaban J connectivity index is 1.24. The molecule has 3 amide bonds. The van der Waals surface area contributed by atoms with E-state index in [9.17, 15) is 19.2 Å². The summed E-state index contributed by atoms with van der Waals surface area (Å²) in [4.78, 5) is 59.2. The normalized spacial score (nSPS) is 18.4. The molecule has 2 aliphatic carbocycles. The van der Waals surface area contributed by atoms with Crippen LogP contribution in [0.3, 0.4) is 0 Å². The van der Waals surface area contributed by atoms with E-state index in [1.165, 1.54) is 13.5 Å². The molecule has 1 aliphatic heterocycles. The fourth-order valence-electron chi connectivity index (χ4n) is 8.07. The van der Waals surface area contributed by atoms with E-state index in [1.54, 1.807) is 56.4 Å². The van der Waals surface area contributed by atoms with E-state index >= 15 is 0 Å². The van der Waals surface area contributed by atoms with Crippen molar-refractivity contribution in [3.8, 4) is 27.3 Å². The van der Waals surface area contributed by atoms with Crippen molar-refractivity contribution in [3.05, 3.63) is 87.0 Å². The van der Waals surface area contributed by atoms with Gasteiger partial charge in [-0.1, -0.05) is 18.6 Å². The second kappa shape index (κ2) is 14.9. The fourth-order valence-corrected chi connectivity index (χ4v) is 9.04. The number of nitrogens with one attached hydrogen (secondary N) is 3. The Morgan fingerprint density at radius 1 is 0.944 bits per heavy atom. The molecule has 3 atom stereocenters. The zero-order valence-electron chi connectivity index (χ0n) is 31.5. The maximum absolute atomic E-state index is 14.5. The number of ether oxygens (including phenoxy) is 3. The van der Waals surface area contributed by atoms with Gasteiger partial charge in [-0.15, -0.1) is 11.3 Å². The van der Waals surface area contributed by atoms with E-state index in [-0.39, 0.29) is 29.9 Å². The number of aromatic nitrogens is 1. The van der Waals surface area contributed by atoms with E-state index in [2.05, 4.69) is 27.0 Å². The number of benzene rings is 2. The average Bonchev–Trinajstić information content (AvgIpc) is 3.87. The molecule has 54 heavy (non-hydrogen) atoms. The van der Waals surface area contributed by atoms with Crippen molar-refractivity contribution in [2.45, 2.75) is 84.9 Å². The number of rotatable bonds is 8. The second-order valence-electron chi connectivity index (χ2n) is 15.5. The number of anilines is 1. The molecular formula is C42H46N4O7S. The summed E-state index contributed by atoms with van der Waals surface area (Å²) in [7, 11) is 1.26. The lowest BCUT2D eigenvalue weighted by Crippen LogP contribution is -2.39. The Kier molecular flexibility index (Phi) is 10.2. The first-order valence-corrected chi connectivity index (χ1v) is 19.3. The van der Waals surface area contributed by atoms with Gasteiger partial charge in [0, 0.05) is 51.8 Å². The molecule has 2 aromatic heterocycles. The number of nitrogens with zero attached hydrogens (tertiary/aromatic N) is 1. The Morgan fingerprint density at radius 2 is 1.72 bits per heavy atom. The number of hydrogen-bond donors (Lipinski definition) is 3. The summed E-state index contributed by atoms with van der Waals surface area (Å²) in [5.74, 6) is 0.220.